The number of hydrogen-bond donors (Lipinski definition) is 0. The predicted molar refractivity (Wildman–Crippen MR) is 104 cm³/mol. The molecule has 0 amide bonds. The Labute approximate surface area is 149 Å². The van der Waals surface area contributed by atoms with E-state index in [2.05, 4.69) is 19.1 Å². The first-order chi connectivity index (χ1) is 11.7. The van der Waals surface area contributed by atoms with Crippen LogP contribution in [-0.2, 0) is 9.59 Å². The minimum Gasteiger partial charge on any atom is -0.300 e. The van der Waals surface area contributed by atoms with E-state index >= 15 is 0 Å². The van der Waals surface area contributed by atoms with Gasteiger partial charge in [-0.3, -0.25) is 4.79 Å². The second kappa shape index (κ2) is 18.2. The molecule has 0 aromatic heterocycles. The fraction of sp³-hybridized carbons (Fsp3) is 0.727. The van der Waals surface area contributed by atoms with Crippen LogP contribution in [0, 0.1) is 0 Å². The first-order valence-corrected chi connectivity index (χ1v) is 10.0. The molecule has 0 aliphatic carbocycles. The second-order valence-electron chi connectivity index (χ2n) is 6.71. The molecule has 0 N–H and O–H groups in total. The van der Waals surface area contributed by atoms with Gasteiger partial charge in [0.15, 0.2) is 5.78 Å². The molecule has 2 nitrogen and oxygen atoms in total. The lowest BCUT2D eigenvalue weighted by molar-refractivity contribution is -0.117. The van der Waals surface area contributed by atoms with E-state index in [-0.39, 0.29) is 11.6 Å². The molecule has 0 aliphatic rings. The van der Waals surface area contributed by atoms with Crippen LogP contribution < -0.4 is 0 Å². The molecule has 0 saturated heterocycles. The lowest BCUT2D eigenvalue weighted by atomic mass is 10.1. The Hall–Kier alpha value is -1.18. The summed E-state index contributed by atoms with van der Waals surface area (Å²) in [4.78, 5) is 22.5. The topological polar surface area (TPSA) is 34.1 Å². The monoisotopic (exact) mass is 334 g/mol. The Morgan fingerprint density at radius 3 is 1.83 bits per heavy atom. The number of Topliss-reactive ketones (excluding diaryl/α,β-unsaturated/α-hetero) is 1. The smallest absolute Gasteiger partial charge is 0.155 e. The molecule has 0 aliphatic heterocycles. The first kappa shape index (κ1) is 22.8. The summed E-state index contributed by atoms with van der Waals surface area (Å²) < 4.78 is 0. The molecular formula is C22H38O2. The first-order valence-electron chi connectivity index (χ1n) is 10.0. The quantitative estimate of drug-likeness (QED) is 0.168. The molecule has 0 rings (SSSR count). The molecular weight excluding hydrogens is 296 g/mol. The van der Waals surface area contributed by atoms with E-state index in [0.717, 1.165) is 44.9 Å². The van der Waals surface area contributed by atoms with Crippen molar-refractivity contribution in [1.29, 1.82) is 0 Å². The Morgan fingerprint density at radius 1 is 0.667 bits per heavy atom. The molecule has 0 spiro atoms. The Bertz CT molecular complexity index is 366. The maximum Gasteiger partial charge on any atom is 0.155 e. The zero-order valence-electron chi connectivity index (χ0n) is 16.0. The number of rotatable bonds is 17. The van der Waals surface area contributed by atoms with Crippen LogP contribution in [0.2, 0.25) is 0 Å². The van der Waals surface area contributed by atoms with Crippen LogP contribution >= 0.6 is 0 Å². The van der Waals surface area contributed by atoms with Crippen molar-refractivity contribution in [3.63, 3.8) is 0 Å². The van der Waals surface area contributed by atoms with Crippen LogP contribution in [0.5, 0.6) is 0 Å². The highest BCUT2D eigenvalue weighted by Crippen LogP contribution is 2.09. The van der Waals surface area contributed by atoms with E-state index in [1.807, 2.05) is 6.08 Å². The van der Waals surface area contributed by atoms with Crippen LogP contribution in [0.3, 0.4) is 0 Å². The molecule has 0 radical (unpaired) electrons. The van der Waals surface area contributed by atoms with Crippen molar-refractivity contribution in [2.45, 2.75) is 104 Å². The summed E-state index contributed by atoms with van der Waals surface area (Å²) in [7, 11) is 0. The summed E-state index contributed by atoms with van der Waals surface area (Å²) in [6.45, 7) is 3.82. The third-order valence-electron chi connectivity index (χ3n) is 4.15. The number of carbonyl (C=O) groups excluding carboxylic acids is 2. The molecule has 0 bridgehead atoms. The highest BCUT2D eigenvalue weighted by molar-refractivity contribution is 5.89. The normalized spacial score (nSPS) is 11.6. The van der Waals surface area contributed by atoms with Crippen molar-refractivity contribution in [2.24, 2.45) is 0 Å². The number of carbonyl (C=O) groups is 2. The Kier molecular flexibility index (Phi) is 17.3. The summed E-state index contributed by atoms with van der Waals surface area (Å²) in [6.07, 6.45) is 23.4. The fourth-order valence-electron chi connectivity index (χ4n) is 2.66. The maximum absolute atomic E-state index is 11.7. The van der Waals surface area contributed by atoms with Gasteiger partial charge in [0.1, 0.15) is 5.78 Å². The lowest BCUT2D eigenvalue weighted by Gasteiger charge is -1.99. The molecule has 0 fully saturated rings. The van der Waals surface area contributed by atoms with E-state index in [9.17, 15) is 9.59 Å². The SMILES string of the molecule is CCC=CCCCCCCC=CC(=O)CCCCCCCC(C)=O. The Balaban J connectivity index is 3.33. The van der Waals surface area contributed by atoms with Crippen LogP contribution in [-0.4, -0.2) is 11.6 Å². The lowest BCUT2D eigenvalue weighted by Crippen LogP contribution is -1.93. The van der Waals surface area contributed by atoms with Crippen LogP contribution in [0.4, 0.5) is 0 Å². The van der Waals surface area contributed by atoms with E-state index in [0.29, 0.717) is 12.8 Å². The molecule has 138 valence electrons. The predicted octanol–water partition coefficient (Wildman–Crippen LogP) is 6.74. The number of ketones is 2. The summed E-state index contributed by atoms with van der Waals surface area (Å²) in [5.74, 6) is 0.548. The molecule has 2 heteroatoms. The van der Waals surface area contributed by atoms with Gasteiger partial charge in [0.25, 0.3) is 0 Å². The van der Waals surface area contributed by atoms with Gasteiger partial charge in [-0.15, -0.1) is 0 Å². The van der Waals surface area contributed by atoms with E-state index < -0.39 is 0 Å². The number of hydrogen-bond acceptors (Lipinski definition) is 2. The molecule has 0 heterocycles. The van der Waals surface area contributed by atoms with E-state index in [4.69, 9.17) is 0 Å². The van der Waals surface area contributed by atoms with Gasteiger partial charge in [-0.05, 0) is 57.9 Å². The fourth-order valence-corrected chi connectivity index (χ4v) is 2.66. The van der Waals surface area contributed by atoms with Gasteiger partial charge in [0.2, 0.25) is 0 Å². The highest BCUT2D eigenvalue weighted by atomic mass is 16.1. The van der Waals surface area contributed by atoms with Crippen LogP contribution in [0.25, 0.3) is 0 Å². The molecule has 0 saturated carbocycles. The van der Waals surface area contributed by atoms with Crippen molar-refractivity contribution in [1.82, 2.24) is 0 Å². The molecule has 24 heavy (non-hydrogen) atoms. The van der Waals surface area contributed by atoms with Crippen molar-refractivity contribution in [2.75, 3.05) is 0 Å². The van der Waals surface area contributed by atoms with Crippen molar-refractivity contribution >= 4 is 11.6 Å². The van der Waals surface area contributed by atoms with E-state index in [1.165, 1.54) is 32.1 Å². The third-order valence-corrected chi connectivity index (χ3v) is 4.15. The number of allylic oxidation sites excluding steroid dienone is 4. The summed E-state index contributed by atoms with van der Waals surface area (Å²) in [6, 6.07) is 0. The largest absolute Gasteiger partial charge is 0.300 e. The van der Waals surface area contributed by atoms with Gasteiger partial charge >= 0.3 is 0 Å². The van der Waals surface area contributed by atoms with Gasteiger partial charge in [0.05, 0.1) is 0 Å². The van der Waals surface area contributed by atoms with Crippen molar-refractivity contribution in [3.8, 4) is 0 Å². The minimum absolute atomic E-state index is 0.267. The van der Waals surface area contributed by atoms with Gasteiger partial charge in [-0.25, -0.2) is 0 Å². The second-order valence-corrected chi connectivity index (χ2v) is 6.71. The van der Waals surface area contributed by atoms with Gasteiger partial charge < -0.3 is 4.79 Å². The van der Waals surface area contributed by atoms with Crippen molar-refractivity contribution < 1.29 is 9.59 Å². The molecule has 0 aromatic rings. The molecule has 0 atom stereocenters. The minimum atomic E-state index is 0.267. The third kappa shape index (κ3) is 18.9. The Morgan fingerprint density at radius 2 is 1.21 bits per heavy atom. The summed E-state index contributed by atoms with van der Waals surface area (Å²) in [5.41, 5.74) is 0. The molecule has 0 aromatic carbocycles. The average molecular weight is 335 g/mol. The van der Waals surface area contributed by atoms with Gasteiger partial charge in [0, 0.05) is 12.8 Å². The van der Waals surface area contributed by atoms with Gasteiger partial charge in [-0.2, -0.15) is 0 Å². The van der Waals surface area contributed by atoms with Gasteiger partial charge in [-0.1, -0.05) is 57.3 Å². The van der Waals surface area contributed by atoms with Crippen LogP contribution in [0.15, 0.2) is 24.3 Å². The zero-order chi connectivity index (χ0) is 17.9. The average Bonchev–Trinajstić information content (AvgIpc) is 2.55. The zero-order valence-corrected chi connectivity index (χ0v) is 16.0. The maximum atomic E-state index is 11.7. The molecule has 0 unspecified atom stereocenters. The summed E-state index contributed by atoms with van der Waals surface area (Å²) in [5, 5.41) is 0. The van der Waals surface area contributed by atoms with Crippen LogP contribution in [0.1, 0.15) is 104 Å². The van der Waals surface area contributed by atoms with Crippen molar-refractivity contribution in [3.05, 3.63) is 24.3 Å². The highest BCUT2D eigenvalue weighted by Gasteiger charge is 1.98. The summed E-state index contributed by atoms with van der Waals surface area (Å²) >= 11 is 0. The standard InChI is InChI=1S/C22H38O2/c1-3-4-5-6-7-8-9-10-13-16-19-22(24)20-17-14-11-12-15-18-21(2)23/h4-5,16,19H,3,6-15,17-18,20H2,1-2H3. The number of unbranched alkanes of at least 4 members (excludes halogenated alkanes) is 9. The van der Waals surface area contributed by atoms with E-state index in [1.54, 1.807) is 13.0 Å².